The van der Waals surface area contributed by atoms with Gasteiger partial charge in [0.15, 0.2) is 6.79 Å². The van der Waals surface area contributed by atoms with Gasteiger partial charge < -0.3 is 19.3 Å². The normalized spacial score (nSPS) is 10.4. The van der Waals surface area contributed by atoms with Gasteiger partial charge in [-0.15, -0.1) is 0 Å². The maximum absolute atomic E-state index is 9.12. The second kappa shape index (κ2) is 7.62. The molecule has 0 unspecified atom stereocenters. The summed E-state index contributed by atoms with van der Waals surface area (Å²) in [6.45, 7) is 1.11. The predicted molar refractivity (Wildman–Crippen MR) is 63.4 cm³/mol. The monoisotopic (exact) mass is 290 g/mol. The Bertz CT molecular complexity index is 317. The predicted octanol–water partition coefficient (Wildman–Crippen LogP) is 1.94. The minimum Gasteiger partial charge on any atom is -0.467 e. The Balaban J connectivity index is 2.41. The minimum atomic E-state index is -0.0627. The molecule has 4 nitrogen and oxygen atoms in total. The van der Waals surface area contributed by atoms with Gasteiger partial charge in [-0.1, -0.05) is 15.9 Å². The summed E-state index contributed by atoms with van der Waals surface area (Å²) in [5.74, 6) is 0.628. The molecule has 0 amide bonds. The molecule has 0 aliphatic rings. The first-order valence-electron chi connectivity index (χ1n) is 4.86. The third kappa shape index (κ3) is 4.49. The molecule has 0 radical (unpaired) electrons. The molecule has 0 saturated heterocycles. The number of aliphatic hydroxyl groups is 1. The Labute approximate surface area is 103 Å². The lowest BCUT2D eigenvalue weighted by atomic mass is 10.2. The quantitative estimate of drug-likeness (QED) is 0.616. The molecule has 0 aromatic heterocycles. The van der Waals surface area contributed by atoms with E-state index in [1.807, 2.05) is 12.1 Å². The molecule has 0 fully saturated rings. The number of aliphatic hydroxyl groups excluding tert-OH is 1. The zero-order valence-electron chi connectivity index (χ0n) is 9.11. The Morgan fingerprint density at radius 1 is 1.31 bits per heavy atom. The van der Waals surface area contributed by atoms with Crippen LogP contribution in [0.25, 0.3) is 0 Å². The average molecular weight is 291 g/mol. The van der Waals surface area contributed by atoms with Gasteiger partial charge >= 0.3 is 0 Å². The molecular formula is C11H15BrO4. The first kappa shape index (κ1) is 13.4. The minimum absolute atomic E-state index is 0.0627. The molecule has 0 saturated carbocycles. The second-order valence-corrected chi connectivity index (χ2v) is 3.99. The van der Waals surface area contributed by atoms with E-state index in [1.165, 1.54) is 0 Å². The number of rotatable bonds is 7. The topological polar surface area (TPSA) is 47.9 Å². The summed E-state index contributed by atoms with van der Waals surface area (Å²) >= 11 is 3.33. The Hall–Kier alpha value is -0.620. The van der Waals surface area contributed by atoms with Gasteiger partial charge in [-0.25, -0.2) is 0 Å². The van der Waals surface area contributed by atoms with Crippen LogP contribution in [0.4, 0.5) is 0 Å². The van der Waals surface area contributed by atoms with Crippen molar-refractivity contribution in [3.8, 4) is 5.75 Å². The molecule has 5 heteroatoms. The summed E-state index contributed by atoms with van der Waals surface area (Å²) in [5, 5.41) is 9.12. The molecule has 1 aromatic rings. The molecular weight excluding hydrogens is 276 g/mol. The van der Waals surface area contributed by atoms with Crippen LogP contribution in [0.5, 0.6) is 5.75 Å². The Morgan fingerprint density at radius 2 is 2.12 bits per heavy atom. The molecule has 1 rings (SSSR count). The number of halogens is 1. The van der Waals surface area contributed by atoms with Gasteiger partial charge in [0.1, 0.15) is 5.75 Å². The van der Waals surface area contributed by atoms with E-state index in [2.05, 4.69) is 15.9 Å². The van der Waals surface area contributed by atoms with Crippen LogP contribution < -0.4 is 4.74 Å². The fourth-order valence-corrected chi connectivity index (χ4v) is 1.53. The van der Waals surface area contributed by atoms with Crippen molar-refractivity contribution in [1.29, 1.82) is 0 Å². The molecule has 16 heavy (non-hydrogen) atoms. The van der Waals surface area contributed by atoms with Crippen molar-refractivity contribution in [2.24, 2.45) is 0 Å². The Kier molecular flexibility index (Phi) is 6.40. The molecule has 1 aromatic carbocycles. The highest BCUT2D eigenvalue weighted by Gasteiger charge is 2.03. The largest absolute Gasteiger partial charge is 0.467 e. The SMILES string of the molecule is COCCOCOc1ccc(Br)cc1CO. The average Bonchev–Trinajstić information content (AvgIpc) is 2.30. The van der Waals surface area contributed by atoms with Crippen LogP contribution >= 0.6 is 15.9 Å². The number of benzene rings is 1. The van der Waals surface area contributed by atoms with Crippen molar-refractivity contribution in [3.63, 3.8) is 0 Å². The summed E-state index contributed by atoms with van der Waals surface area (Å²) in [6.07, 6.45) is 0. The van der Waals surface area contributed by atoms with Crippen molar-refractivity contribution in [3.05, 3.63) is 28.2 Å². The van der Waals surface area contributed by atoms with Gasteiger partial charge in [0.25, 0.3) is 0 Å². The van der Waals surface area contributed by atoms with Crippen LogP contribution in [-0.4, -0.2) is 32.2 Å². The van der Waals surface area contributed by atoms with Crippen LogP contribution in [0, 0.1) is 0 Å². The van der Waals surface area contributed by atoms with E-state index >= 15 is 0 Å². The lowest BCUT2D eigenvalue weighted by Gasteiger charge is -2.10. The van der Waals surface area contributed by atoms with E-state index in [0.717, 1.165) is 10.0 Å². The first-order chi connectivity index (χ1) is 7.77. The van der Waals surface area contributed by atoms with Crippen molar-refractivity contribution in [1.82, 2.24) is 0 Å². The zero-order chi connectivity index (χ0) is 11.8. The maximum atomic E-state index is 9.12. The fourth-order valence-electron chi connectivity index (χ4n) is 1.12. The van der Waals surface area contributed by atoms with Crippen LogP contribution in [0.15, 0.2) is 22.7 Å². The van der Waals surface area contributed by atoms with Gasteiger partial charge in [0.05, 0.1) is 19.8 Å². The summed E-state index contributed by atoms with van der Waals surface area (Å²) < 4.78 is 16.3. The van der Waals surface area contributed by atoms with Gasteiger partial charge in [-0.2, -0.15) is 0 Å². The van der Waals surface area contributed by atoms with Gasteiger partial charge in [-0.05, 0) is 18.2 Å². The van der Waals surface area contributed by atoms with E-state index in [1.54, 1.807) is 13.2 Å². The molecule has 1 N–H and O–H groups in total. The molecule has 0 atom stereocenters. The van der Waals surface area contributed by atoms with E-state index in [4.69, 9.17) is 19.3 Å². The third-order valence-electron chi connectivity index (χ3n) is 1.92. The van der Waals surface area contributed by atoms with Crippen LogP contribution in [0.3, 0.4) is 0 Å². The number of ether oxygens (including phenoxy) is 3. The first-order valence-corrected chi connectivity index (χ1v) is 5.66. The number of methoxy groups -OCH3 is 1. The van der Waals surface area contributed by atoms with Crippen molar-refractivity contribution in [2.45, 2.75) is 6.61 Å². The van der Waals surface area contributed by atoms with Crippen molar-refractivity contribution < 1.29 is 19.3 Å². The molecule has 0 spiro atoms. The lowest BCUT2D eigenvalue weighted by molar-refractivity contribution is -0.00927. The molecule has 90 valence electrons. The molecule has 0 aliphatic carbocycles. The van der Waals surface area contributed by atoms with E-state index in [9.17, 15) is 0 Å². The summed E-state index contributed by atoms with van der Waals surface area (Å²) in [5.41, 5.74) is 0.727. The number of hydrogen-bond donors (Lipinski definition) is 1. The standard InChI is InChI=1S/C11H15BrO4/c1-14-4-5-15-8-16-11-3-2-10(12)6-9(11)7-13/h2-3,6,13H,4-5,7-8H2,1H3. The number of hydrogen-bond acceptors (Lipinski definition) is 4. The van der Waals surface area contributed by atoms with E-state index in [0.29, 0.717) is 19.0 Å². The molecule has 0 heterocycles. The summed E-state index contributed by atoms with van der Waals surface area (Å²) in [6, 6.07) is 5.45. The van der Waals surface area contributed by atoms with Gasteiger partial charge in [-0.3, -0.25) is 0 Å². The summed E-state index contributed by atoms with van der Waals surface area (Å²) in [4.78, 5) is 0. The lowest BCUT2D eigenvalue weighted by Crippen LogP contribution is -2.08. The maximum Gasteiger partial charge on any atom is 0.189 e. The van der Waals surface area contributed by atoms with Crippen LogP contribution in [0.2, 0.25) is 0 Å². The van der Waals surface area contributed by atoms with E-state index < -0.39 is 0 Å². The van der Waals surface area contributed by atoms with Crippen LogP contribution in [0.1, 0.15) is 5.56 Å². The highest BCUT2D eigenvalue weighted by Crippen LogP contribution is 2.23. The summed E-state index contributed by atoms with van der Waals surface area (Å²) in [7, 11) is 1.61. The van der Waals surface area contributed by atoms with Gasteiger partial charge in [0.2, 0.25) is 0 Å². The van der Waals surface area contributed by atoms with Crippen molar-refractivity contribution >= 4 is 15.9 Å². The van der Waals surface area contributed by atoms with Crippen molar-refractivity contribution in [2.75, 3.05) is 27.1 Å². The molecule has 0 bridgehead atoms. The third-order valence-corrected chi connectivity index (χ3v) is 2.42. The highest BCUT2D eigenvalue weighted by molar-refractivity contribution is 9.10. The smallest absolute Gasteiger partial charge is 0.189 e. The Morgan fingerprint density at radius 3 is 2.81 bits per heavy atom. The highest BCUT2D eigenvalue weighted by atomic mass is 79.9. The second-order valence-electron chi connectivity index (χ2n) is 3.07. The van der Waals surface area contributed by atoms with E-state index in [-0.39, 0.29) is 13.4 Å². The fraction of sp³-hybridized carbons (Fsp3) is 0.455. The van der Waals surface area contributed by atoms with Gasteiger partial charge in [0, 0.05) is 17.1 Å². The van der Waals surface area contributed by atoms with Crippen LogP contribution in [-0.2, 0) is 16.1 Å². The zero-order valence-corrected chi connectivity index (χ0v) is 10.7. The molecule has 0 aliphatic heterocycles.